The maximum absolute atomic E-state index is 13.6. The van der Waals surface area contributed by atoms with E-state index in [1.807, 2.05) is 6.92 Å². The van der Waals surface area contributed by atoms with E-state index in [4.69, 9.17) is 14.7 Å². The first kappa shape index (κ1) is 32.8. The van der Waals surface area contributed by atoms with Gasteiger partial charge in [-0.3, -0.25) is 4.79 Å². The van der Waals surface area contributed by atoms with Crippen LogP contribution in [0.3, 0.4) is 0 Å². The predicted molar refractivity (Wildman–Crippen MR) is 221 cm³/mol. The van der Waals surface area contributed by atoms with E-state index in [1.54, 1.807) is 0 Å². The number of rotatable bonds is 7. The van der Waals surface area contributed by atoms with Crippen LogP contribution in [0.15, 0.2) is 133 Å². The first-order chi connectivity index (χ1) is 26.3. The summed E-state index contributed by atoms with van der Waals surface area (Å²) in [6.45, 7) is 6.73. The van der Waals surface area contributed by atoms with Crippen LogP contribution in [0.25, 0.3) is 65.9 Å². The summed E-state index contributed by atoms with van der Waals surface area (Å²) >= 11 is 0. The molecule has 3 atom stereocenters. The lowest BCUT2D eigenvalue weighted by Gasteiger charge is -2.44. The van der Waals surface area contributed by atoms with Gasteiger partial charge in [0.2, 0.25) is 0 Å². The van der Waals surface area contributed by atoms with Gasteiger partial charge in [-0.05, 0) is 93.2 Å². The van der Waals surface area contributed by atoms with Gasteiger partial charge in [0.1, 0.15) is 0 Å². The normalized spacial score (nSPS) is 18.9. The second kappa shape index (κ2) is 12.1. The topological polar surface area (TPSA) is 52.1 Å². The van der Waals surface area contributed by atoms with Gasteiger partial charge in [-0.25, -0.2) is 9.97 Å². The van der Waals surface area contributed by atoms with Crippen molar-refractivity contribution in [3.8, 4) is 22.5 Å². The fourth-order valence-electron chi connectivity index (χ4n) is 10.5. The van der Waals surface area contributed by atoms with E-state index in [0.29, 0.717) is 12.3 Å². The van der Waals surface area contributed by atoms with Gasteiger partial charge in [0, 0.05) is 32.7 Å². The highest BCUT2D eigenvalue weighted by molar-refractivity contribution is 6.05. The molecule has 0 saturated carbocycles. The molecular weight excluding hydrogens is 661 g/mol. The van der Waals surface area contributed by atoms with Crippen molar-refractivity contribution >= 4 is 49.3 Å². The Kier molecular flexibility index (Phi) is 7.33. The zero-order chi connectivity index (χ0) is 36.8. The minimum Gasteiger partial charge on any atom is -0.469 e. The third-order valence-corrected chi connectivity index (χ3v) is 12.5. The van der Waals surface area contributed by atoms with Crippen molar-refractivity contribution in [3.05, 3.63) is 156 Å². The maximum Gasteiger partial charge on any atom is 0.308 e. The molecule has 4 heteroatoms. The molecule has 0 fully saturated rings. The van der Waals surface area contributed by atoms with Crippen LogP contribution in [0.5, 0.6) is 0 Å². The number of carbonyl (C=O) groups is 1. The Hall–Kier alpha value is -5.87. The Morgan fingerprint density at radius 1 is 0.556 bits per heavy atom. The highest BCUT2D eigenvalue weighted by Crippen LogP contribution is 2.64. The van der Waals surface area contributed by atoms with Crippen molar-refractivity contribution in [2.45, 2.75) is 50.9 Å². The smallest absolute Gasteiger partial charge is 0.308 e. The molecule has 0 saturated heterocycles. The molecule has 2 aliphatic carbocycles. The SMILES string of the molecule is COC(=O)C(C)CC1(CC2(CC(C)C)c3cc4ccccc4nc3-c3c2ccc2ccccc32)c2cc3ccccc3nc2-c2c1ccc1ccccc21. The van der Waals surface area contributed by atoms with Gasteiger partial charge >= 0.3 is 5.97 Å². The third kappa shape index (κ3) is 4.65. The number of methoxy groups -OCH3 is 1. The summed E-state index contributed by atoms with van der Waals surface area (Å²) in [5.74, 6) is -0.194. The van der Waals surface area contributed by atoms with Crippen LogP contribution in [-0.4, -0.2) is 23.0 Å². The molecule has 54 heavy (non-hydrogen) atoms. The number of nitrogens with zero attached hydrogens (tertiary/aromatic N) is 2. The number of ether oxygens (including phenoxy) is 1. The number of esters is 1. The van der Waals surface area contributed by atoms with Gasteiger partial charge < -0.3 is 4.74 Å². The van der Waals surface area contributed by atoms with Crippen molar-refractivity contribution in [2.24, 2.45) is 11.8 Å². The van der Waals surface area contributed by atoms with Crippen LogP contribution >= 0.6 is 0 Å². The maximum atomic E-state index is 13.6. The third-order valence-electron chi connectivity index (χ3n) is 12.5. The predicted octanol–water partition coefficient (Wildman–Crippen LogP) is 12.0. The Balaban J connectivity index is 1.35. The summed E-state index contributed by atoms with van der Waals surface area (Å²) in [7, 11) is 1.51. The van der Waals surface area contributed by atoms with E-state index in [2.05, 4.69) is 147 Å². The van der Waals surface area contributed by atoms with Gasteiger partial charge in [0.05, 0.1) is 35.4 Å². The fourth-order valence-corrected chi connectivity index (χ4v) is 10.5. The van der Waals surface area contributed by atoms with Crippen molar-refractivity contribution in [3.63, 3.8) is 0 Å². The minimum atomic E-state index is -0.593. The number of carbonyl (C=O) groups excluding carboxylic acids is 1. The van der Waals surface area contributed by atoms with E-state index < -0.39 is 10.8 Å². The Labute approximate surface area is 315 Å². The Bertz CT molecular complexity index is 2840. The van der Waals surface area contributed by atoms with Crippen molar-refractivity contribution in [1.29, 1.82) is 0 Å². The summed E-state index contributed by atoms with van der Waals surface area (Å²) < 4.78 is 5.49. The van der Waals surface area contributed by atoms with Crippen molar-refractivity contribution < 1.29 is 9.53 Å². The van der Waals surface area contributed by atoms with Crippen LogP contribution < -0.4 is 0 Å². The molecule has 6 aromatic carbocycles. The zero-order valence-corrected chi connectivity index (χ0v) is 31.2. The summed E-state index contributed by atoms with van der Waals surface area (Å²) in [6, 6.07) is 48.5. The van der Waals surface area contributed by atoms with E-state index >= 15 is 0 Å². The lowest BCUT2D eigenvalue weighted by Crippen LogP contribution is -2.40. The van der Waals surface area contributed by atoms with Crippen LogP contribution in [0.4, 0.5) is 0 Å². The number of pyridine rings is 2. The van der Waals surface area contributed by atoms with Crippen LogP contribution in [0.2, 0.25) is 0 Å². The summed E-state index contributed by atoms with van der Waals surface area (Å²) in [5, 5.41) is 7.06. The number of benzene rings is 6. The minimum absolute atomic E-state index is 0.192. The molecule has 0 aliphatic heterocycles. The average Bonchev–Trinajstić information content (AvgIpc) is 3.60. The van der Waals surface area contributed by atoms with Crippen molar-refractivity contribution in [2.75, 3.05) is 7.11 Å². The standard InChI is InChI=1S/C50H42N2O2/c1-30(2)27-49(38-23-21-32-13-5-9-17-36(32)44(38)46-40(49)25-34-15-7-11-19-42(34)51-46)29-50(28-31(3)48(53)54-4)39-24-22-33-14-6-10-18-37(33)45(39)47-41(50)26-35-16-8-12-20-43(35)52-47/h5-26,30-31H,27-29H2,1-4H3. The fraction of sp³-hybridized carbons (Fsp3) is 0.220. The van der Waals surface area contributed by atoms with Crippen molar-refractivity contribution in [1.82, 2.24) is 9.97 Å². The molecule has 8 aromatic rings. The quantitative estimate of drug-likeness (QED) is 0.155. The first-order valence-corrected chi connectivity index (χ1v) is 19.2. The molecule has 264 valence electrons. The first-order valence-electron chi connectivity index (χ1n) is 19.2. The van der Waals surface area contributed by atoms with Crippen LogP contribution in [-0.2, 0) is 20.4 Å². The van der Waals surface area contributed by atoms with Gasteiger partial charge in [-0.2, -0.15) is 0 Å². The second-order valence-electron chi connectivity index (χ2n) is 16.1. The van der Waals surface area contributed by atoms with Crippen LogP contribution in [0, 0.1) is 11.8 Å². The number of hydrogen-bond donors (Lipinski definition) is 0. The molecule has 2 aromatic heterocycles. The van der Waals surface area contributed by atoms with E-state index in [9.17, 15) is 4.79 Å². The molecule has 0 amide bonds. The summed E-state index contributed by atoms with van der Waals surface area (Å²) in [5.41, 5.74) is 10.5. The molecule has 0 spiro atoms. The Morgan fingerprint density at radius 2 is 1.00 bits per heavy atom. The molecular formula is C50H42N2O2. The van der Waals surface area contributed by atoms with Gasteiger partial charge in [-0.15, -0.1) is 0 Å². The lowest BCUT2D eigenvalue weighted by atomic mass is 9.58. The molecule has 10 rings (SSSR count). The molecule has 0 N–H and O–H groups in total. The molecule has 4 nitrogen and oxygen atoms in total. The molecule has 3 unspecified atom stereocenters. The highest BCUT2D eigenvalue weighted by atomic mass is 16.5. The monoisotopic (exact) mass is 702 g/mol. The van der Waals surface area contributed by atoms with E-state index in [1.165, 1.54) is 62.0 Å². The number of fused-ring (bicyclic) bond motifs is 12. The lowest BCUT2D eigenvalue weighted by molar-refractivity contribution is -0.145. The number of para-hydroxylation sites is 2. The summed E-state index contributed by atoms with van der Waals surface area (Å²) in [6.07, 6.45) is 2.24. The zero-order valence-electron chi connectivity index (χ0n) is 31.2. The summed E-state index contributed by atoms with van der Waals surface area (Å²) in [4.78, 5) is 24.7. The molecule has 2 aliphatic rings. The van der Waals surface area contributed by atoms with Gasteiger partial charge in [0.15, 0.2) is 0 Å². The van der Waals surface area contributed by atoms with Gasteiger partial charge in [0.25, 0.3) is 0 Å². The van der Waals surface area contributed by atoms with E-state index in [-0.39, 0.29) is 11.9 Å². The largest absolute Gasteiger partial charge is 0.469 e. The number of hydrogen-bond acceptors (Lipinski definition) is 4. The molecule has 0 bridgehead atoms. The van der Waals surface area contributed by atoms with E-state index in [0.717, 1.165) is 46.0 Å². The highest BCUT2D eigenvalue weighted by Gasteiger charge is 2.55. The average molecular weight is 703 g/mol. The second-order valence-corrected chi connectivity index (χ2v) is 16.1. The molecule has 2 heterocycles. The van der Waals surface area contributed by atoms with Crippen LogP contribution in [0.1, 0.15) is 62.3 Å². The number of aromatic nitrogens is 2. The molecule has 0 radical (unpaired) electrons. The Morgan fingerprint density at radius 3 is 1.48 bits per heavy atom. The van der Waals surface area contributed by atoms with Gasteiger partial charge in [-0.1, -0.05) is 130 Å².